The van der Waals surface area contributed by atoms with Crippen molar-refractivity contribution in [3.63, 3.8) is 0 Å². The van der Waals surface area contributed by atoms with Crippen LogP contribution in [0.2, 0.25) is 5.02 Å². The van der Waals surface area contributed by atoms with Crippen molar-refractivity contribution in [2.45, 2.75) is 24.0 Å². The molecule has 2 aliphatic heterocycles. The SMILES string of the molecule is OC1(CN2CCOC[C@@](O)(COc3ccc(Cl)cc3)C2)CCN(c2ccc(F)cc2)CC1. The lowest BCUT2D eigenvalue weighted by Crippen LogP contribution is -2.55. The average Bonchev–Trinajstić information content (AvgIpc) is 2.95. The second-order valence-corrected chi connectivity index (χ2v) is 9.35. The van der Waals surface area contributed by atoms with Gasteiger partial charge in [-0.2, -0.15) is 0 Å². The van der Waals surface area contributed by atoms with Gasteiger partial charge in [0.2, 0.25) is 0 Å². The highest BCUT2D eigenvalue weighted by Crippen LogP contribution is 2.28. The predicted octanol–water partition coefficient (Wildman–Crippen LogP) is 2.95. The normalized spacial score (nSPS) is 24.2. The lowest BCUT2D eigenvalue weighted by atomic mass is 9.90. The van der Waals surface area contributed by atoms with Gasteiger partial charge in [-0.3, -0.25) is 4.90 Å². The summed E-state index contributed by atoms with van der Waals surface area (Å²) in [5.74, 6) is 0.378. The largest absolute Gasteiger partial charge is 0.490 e. The first-order valence-corrected chi connectivity index (χ1v) is 11.3. The Bertz CT molecular complexity index is 875. The Morgan fingerprint density at radius 2 is 1.66 bits per heavy atom. The standard InChI is InChI=1S/C24H30ClFN2O4/c25-19-1-7-22(8-2-19)32-18-24(30)16-27(13-14-31-17-24)15-23(29)9-11-28(12-10-23)21-5-3-20(26)4-6-21/h1-8,29-30H,9-18H2/t24-/m1/s1. The van der Waals surface area contributed by atoms with Crippen molar-refractivity contribution in [2.24, 2.45) is 0 Å². The zero-order valence-corrected chi connectivity index (χ0v) is 18.8. The molecule has 2 N–H and O–H groups in total. The zero-order chi connectivity index (χ0) is 22.6. The summed E-state index contributed by atoms with van der Waals surface area (Å²) in [4.78, 5) is 4.22. The molecule has 0 unspecified atom stereocenters. The monoisotopic (exact) mass is 464 g/mol. The van der Waals surface area contributed by atoms with E-state index < -0.39 is 11.2 Å². The molecule has 2 fully saturated rings. The van der Waals surface area contributed by atoms with Crippen LogP contribution in [0.4, 0.5) is 10.1 Å². The van der Waals surface area contributed by atoms with E-state index >= 15 is 0 Å². The van der Waals surface area contributed by atoms with Crippen molar-refractivity contribution in [1.82, 2.24) is 4.90 Å². The fourth-order valence-electron chi connectivity index (χ4n) is 4.37. The first-order valence-electron chi connectivity index (χ1n) is 11.0. The number of piperidine rings is 1. The average molecular weight is 465 g/mol. The third kappa shape index (κ3) is 6.11. The third-order valence-corrected chi connectivity index (χ3v) is 6.42. The zero-order valence-electron chi connectivity index (χ0n) is 18.1. The number of rotatable bonds is 6. The van der Waals surface area contributed by atoms with Crippen LogP contribution >= 0.6 is 11.6 Å². The minimum absolute atomic E-state index is 0.0852. The summed E-state index contributed by atoms with van der Waals surface area (Å²) < 4.78 is 24.6. The molecule has 2 aromatic carbocycles. The van der Waals surface area contributed by atoms with E-state index in [1.54, 1.807) is 36.4 Å². The van der Waals surface area contributed by atoms with Crippen LogP contribution in [0.25, 0.3) is 0 Å². The highest BCUT2D eigenvalue weighted by Gasteiger charge is 2.39. The topological polar surface area (TPSA) is 65.4 Å². The molecule has 0 saturated carbocycles. The van der Waals surface area contributed by atoms with Crippen LogP contribution in [0.3, 0.4) is 0 Å². The van der Waals surface area contributed by atoms with Crippen LogP contribution in [-0.2, 0) is 4.74 Å². The molecule has 0 aliphatic carbocycles. The van der Waals surface area contributed by atoms with Gasteiger partial charge in [0.1, 0.15) is 23.8 Å². The van der Waals surface area contributed by atoms with E-state index in [9.17, 15) is 14.6 Å². The van der Waals surface area contributed by atoms with Crippen LogP contribution in [0.15, 0.2) is 48.5 Å². The quantitative estimate of drug-likeness (QED) is 0.685. The minimum Gasteiger partial charge on any atom is -0.490 e. The molecule has 0 spiro atoms. The van der Waals surface area contributed by atoms with Gasteiger partial charge in [-0.05, 0) is 61.4 Å². The summed E-state index contributed by atoms with van der Waals surface area (Å²) in [7, 11) is 0. The van der Waals surface area contributed by atoms with Gasteiger partial charge in [0, 0.05) is 43.4 Å². The molecule has 0 radical (unpaired) electrons. The Kier molecular flexibility index (Phi) is 7.22. The first kappa shape index (κ1) is 23.3. The number of hydrogen-bond acceptors (Lipinski definition) is 6. The van der Waals surface area contributed by atoms with Crippen LogP contribution in [-0.4, -0.2) is 78.9 Å². The van der Waals surface area contributed by atoms with E-state index in [0.29, 0.717) is 62.9 Å². The van der Waals surface area contributed by atoms with Crippen molar-refractivity contribution in [3.8, 4) is 5.75 Å². The number of β-amino-alcohol motifs (C(OH)–C–C–N with tert-alkyl or cyclic N) is 2. The summed E-state index contributed by atoms with van der Waals surface area (Å²) in [6.45, 7) is 3.57. The molecule has 2 aromatic rings. The highest BCUT2D eigenvalue weighted by molar-refractivity contribution is 6.30. The molecule has 2 saturated heterocycles. The maximum Gasteiger partial charge on any atom is 0.134 e. The predicted molar refractivity (Wildman–Crippen MR) is 122 cm³/mol. The molecule has 1 atom stereocenters. The molecule has 0 aromatic heterocycles. The summed E-state index contributed by atoms with van der Waals surface area (Å²) in [6, 6.07) is 13.5. The van der Waals surface area contributed by atoms with Gasteiger partial charge in [-0.15, -0.1) is 0 Å². The number of ether oxygens (including phenoxy) is 2. The van der Waals surface area contributed by atoms with Crippen molar-refractivity contribution < 1.29 is 24.1 Å². The third-order valence-electron chi connectivity index (χ3n) is 6.17. The lowest BCUT2D eigenvalue weighted by molar-refractivity contribution is -0.0742. The van der Waals surface area contributed by atoms with Crippen molar-refractivity contribution >= 4 is 17.3 Å². The van der Waals surface area contributed by atoms with Gasteiger partial charge in [-0.25, -0.2) is 4.39 Å². The van der Waals surface area contributed by atoms with Crippen molar-refractivity contribution in [3.05, 3.63) is 59.4 Å². The van der Waals surface area contributed by atoms with E-state index in [2.05, 4.69) is 9.80 Å². The molecule has 6 nitrogen and oxygen atoms in total. The summed E-state index contributed by atoms with van der Waals surface area (Å²) >= 11 is 5.91. The molecule has 0 amide bonds. The molecule has 2 heterocycles. The minimum atomic E-state index is -1.18. The Morgan fingerprint density at radius 3 is 2.34 bits per heavy atom. The fourth-order valence-corrected chi connectivity index (χ4v) is 4.50. The molecular weight excluding hydrogens is 435 g/mol. The molecule has 8 heteroatoms. The molecule has 32 heavy (non-hydrogen) atoms. The molecule has 0 bridgehead atoms. The van der Waals surface area contributed by atoms with Crippen LogP contribution in [0, 0.1) is 5.82 Å². The van der Waals surface area contributed by atoms with E-state index in [4.69, 9.17) is 21.1 Å². The molecular formula is C24H30ClFN2O4. The smallest absolute Gasteiger partial charge is 0.134 e. The maximum atomic E-state index is 13.2. The lowest BCUT2D eigenvalue weighted by Gasteiger charge is -2.42. The number of benzene rings is 2. The number of anilines is 1. The molecule has 4 rings (SSSR count). The Balaban J connectivity index is 1.32. The number of hydrogen-bond donors (Lipinski definition) is 2. The Labute approximate surface area is 193 Å². The van der Waals surface area contributed by atoms with Crippen LogP contribution in [0.1, 0.15) is 12.8 Å². The summed E-state index contributed by atoms with van der Waals surface area (Å²) in [6.07, 6.45) is 1.20. The maximum absolute atomic E-state index is 13.2. The van der Waals surface area contributed by atoms with Gasteiger partial charge in [0.25, 0.3) is 0 Å². The van der Waals surface area contributed by atoms with Crippen LogP contribution < -0.4 is 9.64 Å². The van der Waals surface area contributed by atoms with E-state index in [1.165, 1.54) is 12.1 Å². The van der Waals surface area contributed by atoms with Gasteiger partial charge in [0.05, 0.1) is 18.8 Å². The van der Waals surface area contributed by atoms with Crippen molar-refractivity contribution in [2.75, 3.05) is 57.4 Å². The summed E-state index contributed by atoms with van der Waals surface area (Å²) in [5.41, 5.74) is -1.06. The Morgan fingerprint density at radius 1 is 0.969 bits per heavy atom. The van der Waals surface area contributed by atoms with Gasteiger partial charge in [-0.1, -0.05) is 11.6 Å². The molecule has 2 aliphatic rings. The fraction of sp³-hybridized carbons (Fsp3) is 0.500. The van der Waals surface area contributed by atoms with E-state index in [1.807, 2.05) is 0 Å². The number of halogens is 2. The van der Waals surface area contributed by atoms with E-state index in [0.717, 1.165) is 5.69 Å². The first-order chi connectivity index (χ1) is 15.3. The molecule has 174 valence electrons. The number of nitrogens with zero attached hydrogens (tertiary/aromatic N) is 2. The second-order valence-electron chi connectivity index (χ2n) is 8.92. The summed E-state index contributed by atoms with van der Waals surface area (Å²) in [5, 5.41) is 23.0. The van der Waals surface area contributed by atoms with Crippen molar-refractivity contribution in [1.29, 1.82) is 0 Å². The van der Waals surface area contributed by atoms with Gasteiger partial charge >= 0.3 is 0 Å². The Hall–Kier alpha value is -1.90. The second kappa shape index (κ2) is 9.93. The van der Waals surface area contributed by atoms with Crippen LogP contribution in [0.5, 0.6) is 5.75 Å². The number of aliphatic hydroxyl groups is 2. The van der Waals surface area contributed by atoms with Gasteiger partial charge < -0.3 is 24.6 Å². The highest BCUT2D eigenvalue weighted by atomic mass is 35.5. The van der Waals surface area contributed by atoms with E-state index in [-0.39, 0.29) is 19.0 Å². The van der Waals surface area contributed by atoms with Gasteiger partial charge in [0.15, 0.2) is 0 Å².